The summed E-state index contributed by atoms with van der Waals surface area (Å²) in [5, 5.41) is 0. The third-order valence-electron chi connectivity index (χ3n) is 3.31. The lowest BCUT2D eigenvalue weighted by Gasteiger charge is -2.11. The second kappa shape index (κ2) is 6.62. The van der Waals surface area contributed by atoms with Crippen molar-refractivity contribution in [2.45, 2.75) is 25.2 Å². The zero-order chi connectivity index (χ0) is 17.2. The molecule has 0 saturated carbocycles. The first-order chi connectivity index (χ1) is 11.4. The SMILES string of the molecule is Cc1cc(C)nc(NNS(=O)(=O)c2ccc3c(c2)OCCCO3)n1. The van der Waals surface area contributed by atoms with Crippen molar-refractivity contribution >= 4 is 16.0 Å². The zero-order valence-corrected chi connectivity index (χ0v) is 14.2. The molecule has 1 aromatic heterocycles. The molecular weight excluding hydrogens is 332 g/mol. The van der Waals surface area contributed by atoms with Crippen molar-refractivity contribution in [2.24, 2.45) is 0 Å². The molecule has 0 fully saturated rings. The molecule has 1 aliphatic rings. The maximum absolute atomic E-state index is 12.4. The highest BCUT2D eigenvalue weighted by Crippen LogP contribution is 2.31. The van der Waals surface area contributed by atoms with Crippen LogP contribution in [0.5, 0.6) is 11.5 Å². The van der Waals surface area contributed by atoms with Gasteiger partial charge in [0.15, 0.2) is 11.5 Å². The highest BCUT2D eigenvalue weighted by Gasteiger charge is 2.19. The van der Waals surface area contributed by atoms with E-state index in [2.05, 4.69) is 20.2 Å². The van der Waals surface area contributed by atoms with Crippen LogP contribution >= 0.6 is 0 Å². The third kappa shape index (κ3) is 3.74. The number of aromatic nitrogens is 2. The van der Waals surface area contributed by atoms with Crippen molar-refractivity contribution in [1.29, 1.82) is 0 Å². The molecule has 2 heterocycles. The van der Waals surface area contributed by atoms with Crippen molar-refractivity contribution < 1.29 is 17.9 Å². The van der Waals surface area contributed by atoms with Gasteiger partial charge in [-0.1, -0.05) is 0 Å². The molecule has 0 aliphatic carbocycles. The number of sulfonamides is 1. The van der Waals surface area contributed by atoms with Gasteiger partial charge in [-0.3, -0.25) is 5.43 Å². The Bertz CT molecular complexity index is 834. The molecule has 8 nitrogen and oxygen atoms in total. The Labute approximate surface area is 140 Å². The van der Waals surface area contributed by atoms with Gasteiger partial charge in [0.05, 0.1) is 18.1 Å². The van der Waals surface area contributed by atoms with Gasteiger partial charge in [0.25, 0.3) is 10.0 Å². The first-order valence-corrected chi connectivity index (χ1v) is 8.92. The molecule has 1 aliphatic heterocycles. The molecule has 9 heteroatoms. The first-order valence-electron chi connectivity index (χ1n) is 7.44. The largest absolute Gasteiger partial charge is 0.490 e. The molecule has 0 saturated heterocycles. The van der Waals surface area contributed by atoms with Crippen LogP contribution in [0.3, 0.4) is 0 Å². The molecule has 0 radical (unpaired) electrons. The molecule has 3 rings (SSSR count). The second-order valence-corrected chi connectivity index (χ2v) is 7.05. The molecule has 0 amide bonds. The van der Waals surface area contributed by atoms with Crippen LogP contribution in [-0.4, -0.2) is 31.6 Å². The summed E-state index contributed by atoms with van der Waals surface area (Å²) in [5.74, 6) is 1.14. The Balaban J connectivity index is 1.79. The van der Waals surface area contributed by atoms with Crippen LogP contribution in [-0.2, 0) is 10.0 Å². The predicted octanol–water partition coefficient (Wildman–Crippen LogP) is 1.56. The van der Waals surface area contributed by atoms with Gasteiger partial charge < -0.3 is 9.47 Å². The minimum atomic E-state index is -3.81. The molecular formula is C15H18N4O4S. The lowest BCUT2D eigenvalue weighted by Crippen LogP contribution is -2.30. The summed E-state index contributed by atoms with van der Waals surface area (Å²) >= 11 is 0. The number of benzene rings is 1. The Morgan fingerprint density at radius 2 is 1.67 bits per heavy atom. The van der Waals surface area contributed by atoms with E-state index in [4.69, 9.17) is 9.47 Å². The van der Waals surface area contributed by atoms with Crippen LogP contribution in [0, 0.1) is 13.8 Å². The lowest BCUT2D eigenvalue weighted by molar-refractivity contribution is 0.297. The fourth-order valence-electron chi connectivity index (χ4n) is 2.26. The summed E-state index contributed by atoms with van der Waals surface area (Å²) in [6.07, 6.45) is 0.751. The summed E-state index contributed by atoms with van der Waals surface area (Å²) in [5.41, 5.74) is 4.00. The number of rotatable bonds is 4. The van der Waals surface area contributed by atoms with Crippen molar-refractivity contribution in [1.82, 2.24) is 14.8 Å². The number of hydrogen-bond donors (Lipinski definition) is 2. The van der Waals surface area contributed by atoms with Crippen molar-refractivity contribution in [2.75, 3.05) is 18.6 Å². The van der Waals surface area contributed by atoms with Crippen LogP contribution < -0.4 is 19.7 Å². The lowest BCUT2D eigenvalue weighted by atomic mass is 10.3. The number of nitrogens with zero attached hydrogens (tertiary/aromatic N) is 2. The fourth-order valence-corrected chi connectivity index (χ4v) is 3.12. The molecule has 0 atom stereocenters. The summed E-state index contributed by atoms with van der Waals surface area (Å²) < 4.78 is 35.9. The molecule has 2 aromatic rings. The number of ether oxygens (including phenoxy) is 2. The summed E-state index contributed by atoms with van der Waals surface area (Å²) in [4.78, 5) is 10.6. The number of anilines is 1. The molecule has 0 unspecified atom stereocenters. The van der Waals surface area contributed by atoms with Gasteiger partial charge in [-0.2, -0.15) is 0 Å². The molecule has 0 spiro atoms. The summed E-state index contributed by atoms with van der Waals surface area (Å²) in [6.45, 7) is 4.64. The van der Waals surface area contributed by atoms with E-state index in [1.165, 1.54) is 12.1 Å². The van der Waals surface area contributed by atoms with Crippen molar-refractivity contribution in [3.63, 3.8) is 0 Å². The van der Waals surface area contributed by atoms with E-state index < -0.39 is 10.0 Å². The maximum atomic E-state index is 12.4. The molecule has 24 heavy (non-hydrogen) atoms. The summed E-state index contributed by atoms with van der Waals surface area (Å²) in [6, 6.07) is 6.28. The molecule has 0 bridgehead atoms. The monoisotopic (exact) mass is 350 g/mol. The Kier molecular flexibility index (Phi) is 4.54. The smallest absolute Gasteiger partial charge is 0.257 e. The van der Waals surface area contributed by atoms with E-state index in [9.17, 15) is 8.42 Å². The number of fused-ring (bicyclic) bond motifs is 1. The number of hydrazine groups is 1. The van der Waals surface area contributed by atoms with Gasteiger partial charge in [0.2, 0.25) is 5.95 Å². The standard InChI is InChI=1S/C15H18N4O4S/c1-10-8-11(2)17-15(16-10)18-19-24(20,21)12-4-5-13-14(9-12)23-7-3-6-22-13/h4-5,8-9,19H,3,6-7H2,1-2H3,(H,16,17,18). The van der Waals surface area contributed by atoms with Crippen molar-refractivity contribution in [3.05, 3.63) is 35.7 Å². The van der Waals surface area contributed by atoms with Gasteiger partial charge in [-0.15, -0.1) is 4.83 Å². The number of nitrogens with one attached hydrogen (secondary N) is 2. The minimum absolute atomic E-state index is 0.0589. The topological polar surface area (TPSA) is 102 Å². The number of hydrogen-bond acceptors (Lipinski definition) is 7. The van der Waals surface area contributed by atoms with Crippen molar-refractivity contribution in [3.8, 4) is 11.5 Å². The Morgan fingerprint density at radius 1 is 1.00 bits per heavy atom. The number of aryl methyl sites for hydroxylation is 2. The predicted molar refractivity (Wildman–Crippen MR) is 87.5 cm³/mol. The van der Waals surface area contributed by atoms with Gasteiger partial charge >= 0.3 is 0 Å². The van der Waals surface area contributed by atoms with E-state index >= 15 is 0 Å². The zero-order valence-electron chi connectivity index (χ0n) is 13.4. The van der Waals surface area contributed by atoms with Crippen LogP contribution in [0.2, 0.25) is 0 Å². The average molecular weight is 350 g/mol. The van der Waals surface area contributed by atoms with Crippen LogP contribution in [0.4, 0.5) is 5.95 Å². The summed E-state index contributed by atoms with van der Waals surface area (Å²) in [7, 11) is -3.81. The van der Waals surface area contributed by atoms with Gasteiger partial charge in [-0.25, -0.2) is 18.4 Å². The minimum Gasteiger partial charge on any atom is -0.490 e. The van der Waals surface area contributed by atoms with E-state index in [-0.39, 0.29) is 10.8 Å². The van der Waals surface area contributed by atoms with E-state index in [0.29, 0.717) is 24.7 Å². The average Bonchev–Trinajstić information content (AvgIpc) is 2.77. The van der Waals surface area contributed by atoms with Crippen LogP contribution in [0.15, 0.2) is 29.2 Å². The van der Waals surface area contributed by atoms with Gasteiger partial charge in [0.1, 0.15) is 0 Å². The fraction of sp³-hybridized carbons (Fsp3) is 0.333. The molecule has 128 valence electrons. The normalized spacial score (nSPS) is 14.1. The molecule has 1 aromatic carbocycles. The highest BCUT2D eigenvalue weighted by atomic mass is 32.2. The van der Waals surface area contributed by atoms with Gasteiger partial charge in [-0.05, 0) is 32.0 Å². The van der Waals surface area contributed by atoms with Crippen LogP contribution in [0.1, 0.15) is 17.8 Å². The third-order valence-corrected chi connectivity index (χ3v) is 4.55. The molecule has 2 N–H and O–H groups in total. The van der Waals surface area contributed by atoms with Gasteiger partial charge in [0, 0.05) is 23.9 Å². The van der Waals surface area contributed by atoms with E-state index in [1.54, 1.807) is 26.0 Å². The van der Waals surface area contributed by atoms with E-state index in [1.807, 2.05) is 0 Å². The van der Waals surface area contributed by atoms with E-state index in [0.717, 1.165) is 17.8 Å². The Morgan fingerprint density at radius 3 is 2.38 bits per heavy atom. The first kappa shape index (κ1) is 16.5. The van der Waals surface area contributed by atoms with Crippen LogP contribution in [0.25, 0.3) is 0 Å². The maximum Gasteiger partial charge on any atom is 0.257 e. The Hall–Kier alpha value is -2.39. The highest BCUT2D eigenvalue weighted by molar-refractivity contribution is 7.89. The second-order valence-electron chi connectivity index (χ2n) is 5.36. The quantitative estimate of drug-likeness (QED) is 0.807.